The van der Waals surface area contributed by atoms with Gasteiger partial charge in [0.2, 0.25) is 11.1 Å². The standard InChI is InChI=1S/C19H15F4N5OS/c1-10-25-26-18-28(10)27-15(11-6-8-12(20)9-7-11)16(30-18)17(29)24-14-5-3-2-4-13(14)19(21,22)23/h2-9,15-16,27H,1H3,(H,24,29). The Morgan fingerprint density at radius 2 is 1.83 bits per heavy atom. The molecule has 2 atom stereocenters. The van der Waals surface area contributed by atoms with Gasteiger partial charge in [-0.3, -0.25) is 4.79 Å². The number of amides is 1. The van der Waals surface area contributed by atoms with Crippen LogP contribution in [0.2, 0.25) is 0 Å². The molecule has 1 aliphatic heterocycles. The Balaban J connectivity index is 1.68. The molecule has 156 valence electrons. The molecule has 2 N–H and O–H groups in total. The average molecular weight is 437 g/mol. The molecule has 11 heteroatoms. The zero-order valence-corrected chi connectivity index (χ0v) is 16.3. The van der Waals surface area contributed by atoms with E-state index in [1.807, 2.05) is 0 Å². The van der Waals surface area contributed by atoms with Crippen LogP contribution in [0.25, 0.3) is 0 Å². The number of benzene rings is 2. The van der Waals surface area contributed by atoms with Gasteiger partial charge in [0.1, 0.15) is 16.9 Å². The molecule has 2 aromatic carbocycles. The maximum Gasteiger partial charge on any atom is 0.418 e. The molecule has 0 bridgehead atoms. The highest BCUT2D eigenvalue weighted by Gasteiger charge is 2.39. The van der Waals surface area contributed by atoms with Crippen molar-refractivity contribution in [1.82, 2.24) is 14.9 Å². The Hall–Kier alpha value is -3.08. The lowest BCUT2D eigenvalue weighted by atomic mass is 10.0. The molecular formula is C19H15F4N5OS. The predicted octanol–water partition coefficient (Wildman–Crippen LogP) is 4.14. The second kappa shape index (κ2) is 7.63. The van der Waals surface area contributed by atoms with Gasteiger partial charge in [0.05, 0.1) is 17.3 Å². The zero-order chi connectivity index (χ0) is 21.5. The molecule has 0 saturated heterocycles. The number of nitrogens with zero attached hydrogens (tertiary/aromatic N) is 3. The van der Waals surface area contributed by atoms with Gasteiger partial charge in [-0.05, 0) is 36.8 Å². The van der Waals surface area contributed by atoms with E-state index in [0.717, 1.165) is 17.8 Å². The van der Waals surface area contributed by atoms with Gasteiger partial charge >= 0.3 is 6.18 Å². The highest BCUT2D eigenvalue weighted by molar-refractivity contribution is 8.00. The number of rotatable bonds is 3. The van der Waals surface area contributed by atoms with Crippen molar-refractivity contribution in [2.45, 2.75) is 29.5 Å². The van der Waals surface area contributed by atoms with Crippen LogP contribution in [-0.2, 0) is 11.0 Å². The minimum Gasteiger partial charge on any atom is -0.324 e. The Kier molecular flexibility index (Phi) is 5.14. The van der Waals surface area contributed by atoms with Gasteiger partial charge in [-0.2, -0.15) is 13.2 Å². The lowest BCUT2D eigenvalue weighted by Crippen LogP contribution is -2.41. The number of hydrogen-bond acceptors (Lipinski definition) is 5. The highest BCUT2D eigenvalue weighted by atomic mass is 32.2. The Labute approximate surface area is 172 Å². The molecule has 0 aliphatic carbocycles. The van der Waals surface area contributed by atoms with Crippen molar-refractivity contribution in [3.05, 3.63) is 71.3 Å². The van der Waals surface area contributed by atoms with Crippen LogP contribution in [0.15, 0.2) is 53.7 Å². The van der Waals surface area contributed by atoms with Gasteiger partial charge in [0.25, 0.3) is 0 Å². The number of nitrogens with one attached hydrogen (secondary N) is 2. The summed E-state index contributed by atoms with van der Waals surface area (Å²) in [5.41, 5.74) is 2.42. The first-order valence-electron chi connectivity index (χ1n) is 8.82. The number of fused-ring (bicyclic) bond motifs is 1. The first kappa shape index (κ1) is 20.2. The average Bonchev–Trinajstić information content (AvgIpc) is 3.07. The summed E-state index contributed by atoms with van der Waals surface area (Å²) in [5.74, 6) is -0.542. The zero-order valence-electron chi connectivity index (χ0n) is 15.4. The normalized spacial score (nSPS) is 18.4. The van der Waals surface area contributed by atoms with E-state index in [9.17, 15) is 22.4 Å². The maximum atomic E-state index is 13.4. The molecule has 0 radical (unpaired) electrons. The van der Waals surface area contributed by atoms with Crippen LogP contribution in [0.4, 0.5) is 23.2 Å². The smallest absolute Gasteiger partial charge is 0.324 e. The van der Waals surface area contributed by atoms with Gasteiger partial charge in [0, 0.05) is 0 Å². The second-order valence-electron chi connectivity index (χ2n) is 6.59. The van der Waals surface area contributed by atoms with E-state index in [4.69, 9.17) is 0 Å². The van der Waals surface area contributed by atoms with E-state index in [1.54, 1.807) is 11.6 Å². The minimum absolute atomic E-state index is 0.336. The molecule has 4 rings (SSSR count). The summed E-state index contributed by atoms with van der Waals surface area (Å²) in [4.78, 5) is 13.0. The van der Waals surface area contributed by atoms with Crippen LogP contribution in [-0.4, -0.2) is 26.0 Å². The number of hydrogen-bond donors (Lipinski definition) is 2. The van der Waals surface area contributed by atoms with Crippen molar-refractivity contribution in [2.24, 2.45) is 0 Å². The fraction of sp³-hybridized carbons (Fsp3) is 0.211. The van der Waals surface area contributed by atoms with Gasteiger partial charge in [-0.1, -0.05) is 36.0 Å². The SMILES string of the molecule is Cc1nnc2n1NC(c1ccc(F)cc1)C(C(=O)Nc1ccccc1C(F)(F)F)S2. The number of carbonyl (C=O) groups is 1. The monoisotopic (exact) mass is 437 g/mol. The maximum absolute atomic E-state index is 13.4. The first-order valence-corrected chi connectivity index (χ1v) is 9.70. The van der Waals surface area contributed by atoms with Crippen LogP contribution in [0.1, 0.15) is 23.0 Å². The van der Waals surface area contributed by atoms with E-state index < -0.39 is 34.8 Å². The number of alkyl halides is 3. The van der Waals surface area contributed by atoms with E-state index >= 15 is 0 Å². The number of thioether (sulfide) groups is 1. The first-order chi connectivity index (χ1) is 14.2. The molecule has 30 heavy (non-hydrogen) atoms. The molecule has 3 aromatic rings. The molecule has 1 aromatic heterocycles. The lowest BCUT2D eigenvalue weighted by molar-refractivity contribution is -0.137. The predicted molar refractivity (Wildman–Crippen MR) is 103 cm³/mol. The van der Waals surface area contributed by atoms with Crippen LogP contribution < -0.4 is 10.7 Å². The molecule has 0 spiro atoms. The van der Waals surface area contributed by atoms with Crippen LogP contribution in [0, 0.1) is 12.7 Å². The van der Waals surface area contributed by atoms with Crippen LogP contribution in [0.3, 0.4) is 0 Å². The second-order valence-corrected chi connectivity index (χ2v) is 7.70. The van der Waals surface area contributed by atoms with E-state index in [1.165, 1.54) is 42.5 Å². The van der Waals surface area contributed by atoms with Gasteiger partial charge in [-0.25, -0.2) is 9.07 Å². The number of para-hydroxylation sites is 1. The van der Waals surface area contributed by atoms with Crippen molar-refractivity contribution >= 4 is 23.4 Å². The third-order valence-electron chi connectivity index (χ3n) is 4.58. The van der Waals surface area contributed by atoms with Crippen LogP contribution in [0.5, 0.6) is 0 Å². The van der Waals surface area contributed by atoms with Gasteiger partial charge < -0.3 is 10.7 Å². The largest absolute Gasteiger partial charge is 0.418 e. The summed E-state index contributed by atoms with van der Waals surface area (Å²) in [6, 6.07) is 9.64. The number of carbonyl (C=O) groups excluding carboxylic acids is 1. The topological polar surface area (TPSA) is 71.8 Å². The fourth-order valence-electron chi connectivity index (χ4n) is 3.12. The molecule has 0 saturated carbocycles. The molecule has 1 aliphatic rings. The van der Waals surface area contributed by atoms with Crippen molar-refractivity contribution in [3.8, 4) is 0 Å². The van der Waals surface area contributed by atoms with Gasteiger partial charge in [0.15, 0.2) is 0 Å². The molecule has 2 heterocycles. The third kappa shape index (κ3) is 3.84. The number of aromatic nitrogens is 3. The Morgan fingerprint density at radius 1 is 1.13 bits per heavy atom. The van der Waals surface area contributed by atoms with E-state index in [0.29, 0.717) is 16.5 Å². The summed E-state index contributed by atoms with van der Waals surface area (Å²) in [6.07, 6.45) is -4.62. The lowest BCUT2D eigenvalue weighted by Gasteiger charge is -2.33. The molecule has 0 fully saturated rings. The minimum atomic E-state index is -4.62. The van der Waals surface area contributed by atoms with Crippen molar-refractivity contribution in [2.75, 3.05) is 10.7 Å². The third-order valence-corrected chi connectivity index (χ3v) is 5.79. The Morgan fingerprint density at radius 3 is 2.53 bits per heavy atom. The summed E-state index contributed by atoms with van der Waals surface area (Å²) in [6.45, 7) is 1.71. The highest BCUT2D eigenvalue weighted by Crippen LogP contribution is 2.39. The van der Waals surface area contributed by atoms with E-state index in [-0.39, 0.29) is 5.69 Å². The van der Waals surface area contributed by atoms with Crippen molar-refractivity contribution in [3.63, 3.8) is 0 Å². The summed E-state index contributed by atoms with van der Waals surface area (Å²) >= 11 is 1.07. The summed E-state index contributed by atoms with van der Waals surface area (Å²) in [5, 5.41) is 9.84. The number of aryl methyl sites for hydroxylation is 1. The number of anilines is 1. The molecule has 2 unspecified atom stereocenters. The van der Waals surface area contributed by atoms with Crippen molar-refractivity contribution < 1.29 is 22.4 Å². The van der Waals surface area contributed by atoms with Gasteiger partial charge in [-0.15, -0.1) is 10.2 Å². The fourth-order valence-corrected chi connectivity index (χ4v) is 4.25. The van der Waals surface area contributed by atoms with E-state index in [2.05, 4.69) is 20.9 Å². The summed E-state index contributed by atoms with van der Waals surface area (Å²) in [7, 11) is 0. The summed E-state index contributed by atoms with van der Waals surface area (Å²) < 4.78 is 54.8. The Bertz CT molecular complexity index is 1080. The quantitative estimate of drug-likeness (QED) is 0.603. The molecule has 6 nitrogen and oxygen atoms in total. The van der Waals surface area contributed by atoms with Crippen molar-refractivity contribution in [1.29, 1.82) is 0 Å². The molecule has 1 amide bonds. The number of halogens is 4. The van der Waals surface area contributed by atoms with Crippen LogP contribution >= 0.6 is 11.8 Å². The molecular weight excluding hydrogens is 422 g/mol.